The van der Waals surface area contributed by atoms with Crippen LogP contribution in [0.3, 0.4) is 0 Å². The highest BCUT2D eigenvalue weighted by Crippen LogP contribution is 2.45. The molecule has 5 heteroatoms. The zero-order valence-corrected chi connectivity index (χ0v) is 15.8. The Morgan fingerprint density at radius 2 is 2.15 bits per heavy atom. The predicted molar refractivity (Wildman–Crippen MR) is 101 cm³/mol. The summed E-state index contributed by atoms with van der Waals surface area (Å²) in [5, 5.41) is 20.4. The maximum atomic E-state index is 14.5. The van der Waals surface area contributed by atoms with Crippen molar-refractivity contribution >= 4 is 5.97 Å². The number of carbonyl (C=O) groups is 1. The average molecular weight is 376 g/mol. The van der Waals surface area contributed by atoms with Gasteiger partial charge in [-0.1, -0.05) is 30.4 Å². The van der Waals surface area contributed by atoms with Crippen LogP contribution >= 0.6 is 0 Å². The van der Waals surface area contributed by atoms with Crippen molar-refractivity contribution in [3.8, 4) is 0 Å². The Bertz CT molecular complexity index is 687. The van der Waals surface area contributed by atoms with E-state index in [2.05, 4.69) is 4.74 Å². The highest BCUT2D eigenvalue weighted by atomic mass is 19.1. The van der Waals surface area contributed by atoms with Crippen molar-refractivity contribution in [2.24, 2.45) is 5.92 Å². The van der Waals surface area contributed by atoms with Gasteiger partial charge in [0.1, 0.15) is 6.17 Å². The summed E-state index contributed by atoms with van der Waals surface area (Å²) in [6.07, 6.45) is 6.00. The van der Waals surface area contributed by atoms with E-state index in [1.165, 1.54) is 7.11 Å². The zero-order chi connectivity index (χ0) is 19.4. The summed E-state index contributed by atoms with van der Waals surface area (Å²) in [6, 6.07) is 5.91. The van der Waals surface area contributed by atoms with Crippen molar-refractivity contribution in [3.63, 3.8) is 0 Å². The molecule has 0 amide bonds. The molecule has 2 N–H and O–H groups in total. The number of aryl methyl sites for hydroxylation is 1. The van der Waals surface area contributed by atoms with Crippen molar-refractivity contribution in [2.75, 3.05) is 7.11 Å². The van der Waals surface area contributed by atoms with Gasteiger partial charge < -0.3 is 14.9 Å². The topological polar surface area (TPSA) is 66.8 Å². The number of carbonyl (C=O) groups excluding carboxylic acids is 1. The SMILES string of the molecule is COC(=O)CCCC=CC[C@H]1C(F)C[C@@H](O)[C@@H]1c1ccc2c(c1)CCC2O. The van der Waals surface area contributed by atoms with Gasteiger partial charge in [-0.25, -0.2) is 4.39 Å². The molecule has 4 nitrogen and oxygen atoms in total. The molecule has 1 aromatic rings. The van der Waals surface area contributed by atoms with Gasteiger partial charge in [-0.3, -0.25) is 4.79 Å². The number of aliphatic hydroxyl groups excluding tert-OH is 2. The van der Waals surface area contributed by atoms with Crippen LogP contribution in [0.2, 0.25) is 0 Å². The number of hydrogen-bond acceptors (Lipinski definition) is 4. The molecule has 0 radical (unpaired) electrons. The van der Waals surface area contributed by atoms with Crippen molar-refractivity contribution in [2.45, 2.75) is 69.2 Å². The van der Waals surface area contributed by atoms with Crippen molar-refractivity contribution in [1.29, 1.82) is 0 Å². The summed E-state index contributed by atoms with van der Waals surface area (Å²) in [5.41, 5.74) is 3.05. The Balaban J connectivity index is 1.63. The van der Waals surface area contributed by atoms with Crippen LogP contribution in [0.5, 0.6) is 0 Å². The van der Waals surface area contributed by atoms with Gasteiger partial charge >= 0.3 is 5.97 Å². The van der Waals surface area contributed by atoms with Gasteiger partial charge in [0.2, 0.25) is 0 Å². The molecule has 27 heavy (non-hydrogen) atoms. The molecule has 1 aromatic carbocycles. The number of halogens is 1. The molecule has 3 rings (SSSR count). The molecule has 1 saturated carbocycles. The number of ether oxygens (including phenoxy) is 1. The van der Waals surface area contributed by atoms with E-state index < -0.39 is 18.4 Å². The van der Waals surface area contributed by atoms with Crippen LogP contribution in [-0.2, 0) is 16.0 Å². The largest absolute Gasteiger partial charge is 0.469 e. The maximum absolute atomic E-state index is 14.5. The fourth-order valence-electron chi connectivity index (χ4n) is 4.49. The number of esters is 1. The van der Waals surface area contributed by atoms with Crippen LogP contribution < -0.4 is 0 Å². The van der Waals surface area contributed by atoms with E-state index in [9.17, 15) is 19.4 Å². The highest BCUT2D eigenvalue weighted by molar-refractivity contribution is 5.69. The first-order valence-electron chi connectivity index (χ1n) is 9.86. The Morgan fingerprint density at radius 3 is 2.93 bits per heavy atom. The number of methoxy groups -OCH3 is 1. The fourth-order valence-corrected chi connectivity index (χ4v) is 4.49. The third-order valence-electron chi connectivity index (χ3n) is 5.96. The van der Waals surface area contributed by atoms with E-state index in [1.807, 2.05) is 30.4 Å². The molecule has 2 unspecified atom stereocenters. The monoisotopic (exact) mass is 376 g/mol. The Kier molecular flexibility index (Phi) is 6.66. The van der Waals surface area contributed by atoms with Crippen molar-refractivity contribution < 1.29 is 24.1 Å². The standard InChI is InChI=1S/C22H29FO4/c1-27-21(26)7-5-3-2-4-6-17-18(23)13-20(25)22(17)15-8-10-16-14(12-15)9-11-19(16)24/h2,4,8,10,12,17-20,22,24-25H,3,5-7,9,11,13H2,1H3/t17-,18?,19?,20+,22+/m0/s1. The molecule has 5 atom stereocenters. The van der Waals surface area contributed by atoms with E-state index in [1.54, 1.807) is 0 Å². The van der Waals surface area contributed by atoms with Crippen molar-refractivity contribution in [3.05, 3.63) is 47.0 Å². The van der Waals surface area contributed by atoms with Crippen LogP contribution in [0.25, 0.3) is 0 Å². The molecule has 0 aliphatic heterocycles. The molecule has 1 fully saturated rings. The molecule has 2 aliphatic rings. The van der Waals surface area contributed by atoms with Gasteiger partial charge in [0.15, 0.2) is 0 Å². The molecule has 0 spiro atoms. The molecule has 0 bridgehead atoms. The van der Waals surface area contributed by atoms with E-state index >= 15 is 0 Å². The van der Waals surface area contributed by atoms with Gasteiger partial charge in [-0.2, -0.15) is 0 Å². The molecular formula is C22H29FO4. The minimum atomic E-state index is -1.02. The molecular weight excluding hydrogens is 347 g/mol. The van der Waals surface area contributed by atoms with E-state index in [0.29, 0.717) is 19.3 Å². The smallest absolute Gasteiger partial charge is 0.305 e. The number of fused-ring (bicyclic) bond motifs is 1. The summed E-state index contributed by atoms with van der Waals surface area (Å²) < 4.78 is 19.2. The molecule has 0 heterocycles. The molecule has 0 aromatic heterocycles. The third kappa shape index (κ3) is 4.58. The number of benzene rings is 1. The highest BCUT2D eigenvalue weighted by Gasteiger charge is 2.43. The first-order valence-corrected chi connectivity index (χ1v) is 9.86. The summed E-state index contributed by atoms with van der Waals surface area (Å²) in [6.45, 7) is 0. The first-order chi connectivity index (χ1) is 13.0. The number of hydrogen-bond donors (Lipinski definition) is 2. The second-order valence-corrected chi connectivity index (χ2v) is 7.70. The van der Waals surface area contributed by atoms with Crippen LogP contribution in [-0.4, -0.2) is 35.6 Å². The lowest BCUT2D eigenvalue weighted by molar-refractivity contribution is -0.140. The number of allylic oxidation sites excluding steroid dienone is 2. The Morgan fingerprint density at radius 1 is 1.33 bits per heavy atom. The van der Waals surface area contributed by atoms with E-state index in [4.69, 9.17) is 0 Å². The number of alkyl halides is 1. The van der Waals surface area contributed by atoms with Gasteiger partial charge in [-0.05, 0) is 48.8 Å². The lowest BCUT2D eigenvalue weighted by Gasteiger charge is -2.23. The quantitative estimate of drug-likeness (QED) is 0.432. The summed E-state index contributed by atoms with van der Waals surface area (Å²) >= 11 is 0. The number of unbranched alkanes of at least 4 members (excludes halogenated alkanes) is 1. The van der Waals surface area contributed by atoms with Crippen LogP contribution in [0.15, 0.2) is 30.4 Å². The first kappa shape index (κ1) is 20.0. The lowest BCUT2D eigenvalue weighted by atomic mass is 9.84. The average Bonchev–Trinajstić information content (AvgIpc) is 3.16. The molecule has 148 valence electrons. The Hall–Kier alpha value is -1.72. The second kappa shape index (κ2) is 8.98. The summed E-state index contributed by atoms with van der Waals surface area (Å²) in [4.78, 5) is 11.1. The predicted octanol–water partition coefficient (Wildman–Crippen LogP) is 3.76. The van der Waals surface area contributed by atoms with E-state index in [-0.39, 0.29) is 24.2 Å². The van der Waals surface area contributed by atoms with Gasteiger partial charge in [0, 0.05) is 24.7 Å². The number of rotatable bonds is 7. The van der Waals surface area contributed by atoms with E-state index in [0.717, 1.165) is 36.0 Å². The van der Waals surface area contributed by atoms with Crippen molar-refractivity contribution in [1.82, 2.24) is 0 Å². The van der Waals surface area contributed by atoms with Gasteiger partial charge in [0.25, 0.3) is 0 Å². The van der Waals surface area contributed by atoms with Gasteiger partial charge in [0.05, 0.1) is 19.3 Å². The maximum Gasteiger partial charge on any atom is 0.305 e. The van der Waals surface area contributed by atoms with Crippen LogP contribution in [0.4, 0.5) is 4.39 Å². The third-order valence-corrected chi connectivity index (χ3v) is 5.96. The summed E-state index contributed by atoms with van der Waals surface area (Å²) in [5.74, 6) is -0.683. The molecule has 2 aliphatic carbocycles. The fraction of sp³-hybridized carbons (Fsp3) is 0.591. The Labute approximate surface area is 160 Å². The number of aliphatic hydroxyl groups is 2. The minimum absolute atomic E-state index is 0.172. The van der Waals surface area contributed by atoms with Gasteiger partial charge in [-0.15, -0.1) is 0 Å². The normalized spacial score (nSPS) is 30.0. The minimum Gasteiger partial charge on any atom is -0.469 e. The van der Waals surface area contributed by atoms with Crippen LogP contribution in [0.1, 0.15) is 67.2 Å². The zero-order valence-electron chi connectivity index (χ0n) is 15.8. The second-order valence-electron chi connectivity index (χ2n) is 7.70. The lowest BCUT2D eigenvalue weighted by Crippen LogP contribution is -2.18. The van der Waals surface area contributed by atoms with Crippen LogP contribution in [0, 0.1) is 5.92 Å². The molecule has 0 saturated heterocycles. The summed E-state index contributed by atoms with van der Waals surface area (Å²) in [7, 11) is 1.38.